The highest BCUT2D eigenvalue weighted by Crippen LogP contribution is 2.04. The number of nitrogens with zero attached hydrogens (tertiary/aromatic N) is 2. The standard InChI is InChI=1S/C10H10N2O2S/c1-2-11-9(13)12(15-10(11)14)8-6-4-3-5-7-8/h3-7H,2H2,1H3. The van der Waals surface area contributed by atoms with E-state index in [0.717, 1.165) is 17.2 Å². The van der Waals surface area contributed by atoms with Gasteiger partial charge in [0.1, 0.15) is 0 Å². The maximum absolute atomic E-state index is 11.8. The summed E-state index contributed by atoms with van der Waals surface area (Å²) in [5.41, 5.74) is 0.468. The first-order valence-electron chi connectivity index (χ1n) is 4.62. The molecule has 5 heteroatoms. The molecule has 0 atom stereocenters. The van der Waals surface area contributed by atoms with Crippen molar-refractivity contribution in [2.45, 2.75) is 13.5 Å². The van der Waals surface area contributed by atoms with Crippen molar-refractivity contribution in [3.05, 3.63) is 50.5 Å². The number of para-hydroxylation sites is 1. The van der Waals surface area contributed by atoms with Crippen LogP contribution in [-0.2, 0) is 6.54 Å². The van der Waals surface area contributed by atoms with Crippen LogP contribution in [0.1, 0.15) is 6.92 Å². The lowest BCUT2D eigenvalue weighted by atomic mass is 10.3. The Bertz CT molecular complexity index is 565. The second-order valence-corrected chi connectivity index (χ2v) is 3.91. The lowest BCUT2D eigenvalue weighted by molar-refractivity contribution is 0.695. The van der Waals surface area contributed by atoms with Crippen molar-refractivity contribution >= 4 is 11.5 Å². The van der Waals surface area contributed by atoms with Gasteiger partial charge in [0, 0.05) is 18.1 Å². The molecule has 4 nitrogen and oxygen atoms in total. The molecule has 0 radical (unpaired) electrons. The first kappa shape index (κ1) is 9.92. The van der Waals surface area contributed by atoms with Crippen LogP contribution in [0.25, 0.3) is 5.69 Å². The van der Waals surface area contributed by atoms with Crippen LogP contribution in [0.5, 0.6) is 0 Å². The summed E-state index contributed by atoms with van der Waals surface area (Å²) in [5, 5.41) is 0. The maximum Gasteiger partial charge on any atom is 0.345 e. The van der Waals surface area contributed by atoms with Crippen molar-refractivity contribution in [3.63, 3.8) is 0 Å². The molecule has 0 aliphatic rings. The summed E-state index contributed by atoms with van der Waals surface area (Å²) in [6, 6.07) is 9.15. The van der Waals surface area contributed by atoms with Gasteiger partial charge in [0.05, 0.1) is 5.69 Å². The third-order valence-corrected chi connectivity index (χ3v) is 3.03. The number of aromatic nitrogens is 2. The molecule has 0 bridgehead atoms. The van der Waals surface area contributed by atoms with Crippen LogP contribution in [0.3, 0.4) is 0 Å². The molecule has 0 aliphatic heterocycles. The van der Waals surface area contributed by atoms with Crippen molar-refractivity contribution in [3.8, 4) is 5.69 Å². The predicted molar refractivity (Wildman–Crippen MR) is 59.9 cm³/mol. The van der Waals surface area contributed by atoms with Gasteiger partial charge in [-0.15, -0.1) is 0 Å². The average Bonchev–Trinajstić information content (AvgIpc) is 2.55. The summed E-state index contributed by atoms with van der Waals surface area (Å²) < 4.78 is 2.63. The minimum Gasteiger partial charge on any atom is -0.255 e. The van der Waals surface area contributed by atoms with Crippen molar-refractivity contribution in [1.29, 1.82) is 0 Å². The quantitative estimate of drug-likeness (QED) is 0.763. The number of benzene rings is 1. The Morgan fingerprint density at radius 2 is 1.87 bits per heavy atom. The Balaban J connectivity index is 2.66. The van der Waals surface area contributed by atoms with Gasteiger partial charge in [0.25, 0.3) is 0 Å². The van der Waals surface area contributed by atoms with Crippen LogP contribution in [0.2, 0.25) is 0 Å². The minimum absolute atomic E-state index is 0.216. The molecular weight excluding hydrogens is 212 g/mol. The lowest BCUT2D eigenvalue weighted by Gasteiger charge is -1.97. The second kappa shape index (κ2) is 3.86. The maximum atomic E-state index is 11.8. The van der Waals surface area contributed by atoms with E-state index in [1.807, 2.05) is 18.2 Å². The topological polar surface area (TPSA) is 44.0 Å². The van der Waals surface area contributed by atoms with Gasteiger partial charge in [0.2, 0.25) is 0 Å². The molecule has 15 heavy (non-hydrogen) atoms. The molecule has 0 saturated heterocycles. The number of rotatable bonds is 2. The van der Waals surface area contributed by atoms with Gasteiger partial charge in [-0.1, -0.05) is 18.2 Å². The molecular formula is C10H10N2O2S. The predicted octanol–water partition coefficient (Wildman–Crippen LogP) is 1.08. The van der Waals surface area contributed by atoms with E-state index >= 15 is 0 Å². The van der Waals surface area contributed by atoms with Crippen molar-refractivity contribution in [2.75, 3.05) is 0 Å². The first-order chi connectivity index (χ1) is 7.24. The minimum atomic E-state index is -0.265. The Morgan fingerprint density at radius 3 is 2.40 bits per heavy atom. The van der Waals surface area contributed by atoms with E-state index in [2.05, 4.69) is 0 Å². The van der Waals surface area contributed by atoms with E-state index in [9.17, 15) is 9.59 Å². The highest BCUT2D eigenvalue weighted by atomic mass is 32.1. The van der Waals surface area contributed by atoms with Crippen LogP contribution >= 0.6 is 11.5 Å². The summed E-state index contributed by atoms with van der Waals surface area (Å²) in [7, 11) is 0. The highest BCUT2D eigenvalue weighted by Gasteiger charge is 2.08. The average molecular weight is 222 g/mol. The van der Waals surface area contributed by atoms with Gasteiger partial charge in [-0.2, -0.15) is 0 Å². The van der Waals surface area contributed by atoms with Gasteiger partial charge in [-0.25, -0.2) is 13.3 Å². The monoisotopic (exact) mass is 222 g/mol. The molecule has 0 aliphatic carbocycles. The van der Waals surface area contributed by atoms with E-state index in [1.54, 1.807) is 19.1 Å². The fourth-order valence-corrected chi connectivity index (χ4v) is 2.21. The van der Waals surface area contributed by atoms with Crippen LogP contribution in [0.4, 0.5) is 0 Å². The van der Waals surface area contributed by atoms with E-state index in [-0.39, 0.29) is 10.6 Å². The molecule has 0 saturated carbocycles. The smallest absolute Gasteiger partial charge is 0.255 e. The Hall–Kier alpha value is -1.62. The summed E-state index contributed by atoms with van der Waals surface area (Å²) in [5.74, 6) is 0. The molecule has 78 valence electrons. The molecule has 2 aromatic rings. The van der Waals surface area contributed by atoms with Crippen LogP contribution in [0.15, 0.2) is 39.9 Å². The summed E-state index contributed by atoms with van der Waals surface area (Å²) >= 11 is 0.930. The third-order valence-electron chi connectivity index (χ3n) is 2.10. The van der Waals surface area contributed by atoms with E-state index in [4.69, 9.17) is 0 Å². The molecule has 0 spiro atoms. The van der Waals surface area contributed by atoms with Crippen LogP contribution < -0.4 is 10.6 Å². The van der Waals surface area contributed by atoms with Gasteiger partial charge in [0.15, 0.2) is 0 Å². The van der Waals surface area contributed by atoms with E-state index < -0.39 is 0 Å². The zero-order valence-electron chi connectivity index (χ0n) is 8.21. The van der Waals surface area contributed by atoms with Gasteiger partial charge < -0.3 is 0 Å². The molecule has 1 heterocycles. The number of hydrogen-bond acceptors (Lipinski definition) is 3. The Kier molecular flexibility index (Phi) is 2.55. The summed E-state index contributed by atoms with van der Waals surface area (Å²) in [4.78, 5) is 23.0. The fourth-order valence-electron chi connectivity index (χ4n) is 1.35. The lowest BCUT2D eigenvalue weighted by Crippen LogP contribution is -2.27. The molecule has 2 rings (SSSR count). The molecule has 0 fully saturated rings. The Labute approximate surface area is 90.2 Å². The third kappa shape index (κ3) is 1.66. The highest BCUT2D eigenvalue weighted by molar-refractivity contribution is 7.03. The zero-order valence-corrected chi connectivity index (χ0v) is 9.03. The van der Waals surface area contributed by atoms with Crippen LogP contribution in [-0.4, -0.2) is 8.52 Å². The van der Waals surface area contributed by atoms with Crippen LogP contribution in [0, 0.1) is 0 Å². The van der Waals surface area contributed by atoms with Gasteiger partial charge in [-0.05, 0) is 19.1 Å². The fraction of sp³-hybridized carbons (Fsp3) is 0.200. The summed E-state index contributed by atoms with van der Waals surface area (Å²) in [6.07, 6.45) is 0. The Morgan fingerprint density at radius 1 is 1.20 bits per heavy atom. The van der Waals surface area contributed by atoms with Crippen molar-refractivity contribution in [2.24, 2.45) is 0 Å². The summed E-state index contributed by atoms with van der Waals surface area (Å²) in [6.45, 7) is 2.19. The largest absolute Gasteiger partial charge is 0.345 e. The normalized spacial score (nSPS) is 10.5. The molecule has 0 N–H and O–H groups in total. The zero-order chi connectivity index (χ0) is 10.8. The van der Waals surface area contributed by atoms with Gasteiger partial charge >= 0.3 is 10.6 Å². The SMILES string of the molecule is CCn1c(=O)sn(-c2ccccc2)c1=O. The molecule has 1 aromatic carbocycles. The molecule has 0 unspecified atom stereocenters. The molecule has 1 aromatic heterocycles. The van der Waals surface area contributed by atoms with Crippen molar-refractivity contribution in [1.82, 2.24) is 8.52 Å². The van der Waals surface area contributed by atoms with E-state index in [0.29, 0.717) is 6.54 Å². The second-order valence-electron chi connectivity index (χ2n) is 3.01. The molecule has 0 amide bonds. The van der Waals surface area contributed by atoms with Crippen molar-refractivity contribution < 1.29 is 0 Å². The first-order valence-corrected chi connectivity index (χ1v) is 5.40. The van der Waals surface area contributed by atoms with Gasteiger partial charge in [-0.3, -0.25) is 4.79 Å². The van der Waals surface area contributed by atoms with E-state index in [1.165, 1.54) is 8.52 Å². The number of hydrogen-bond donors (Lipinski definition) is 0.